The largest absolute Gasteiger partial charge is 0.475 e. The molecule has 0 bridgehead atoms. The van der Waals surface area contributed by atoms with Crippen molar-refractivity contribution in [1.29, 1.82) is 5.26 Å². The molecular weight excluding hydrogens is 400 g/mol. The zero-order valence-corrected chi connectivity index (χ0v) is 16.9. The standard InChI is InChI=1S/C25H16N6O/c26-16-18-9-7-17(8-10-18)11-12-22-25(31-21-6-3-14-27-24(21)30-22)32-15-13-23-28-19-4-1-2-5-20(19)29-23/h1-10,14H,13,15H2,(H,28,29). The van der Waals surface area contributed by atoms with Crippen LogP contribution in [0, 0.1) is 23.2 Å². The molecule has 0 aliphatic heterocycles. The highest BCUT2D eigenvalue weighted by Gasteiger charge is 2.10. The van der Waals surface area contributed by atoms with E-state index in [4.69, 9.17) is 10.00 Å². The average molecular weight is 416 g/mol. The van der Waals surface area contributed by atoms with Gasteiger partial charge in [0.15, 0.2) is 11.3 Å². The molecule has 0 atom stereocenters. The molecule has 0 saturated carbocycles. The lowest BCUT2D eigenvalue weighted by Gasteiger charge is -2.07. The van der Waals surface area contributed by atoms with Crippen molar-refractivity contribution in [1.82, 2.24) is 24.9 Å². The molecule has 5 rings (SSSR count). The molecule has 152 valence electrons. The van der Waals surface area contributed by atoms with Crippen LogP contribution in [0.2, 0.25) is 0 Å². The number of rotatable bonds is 4. The minimum atomic E-state index is 0.350. The molecule has 32 heavy (non-hydrogen) atoms. The Labute approximate surface area is 183 Å². The van der Waals surface area contributed by atoms with Gasteiger partial charge in [-0.2, -0.15) is 5.26 Å². The Bertz CT molecular complexity index is 1490. The van der Waals surface area contributed by atoms with Crippen LogP contribution in [0.4, 0.5) is 0 Å². The van der Waals surface area contributed by atoms with Gasteiger partial charge in [-0.15, -0.1) is 0 Å². The van der Waals surface area contributed by atoms with Gasteiger partial charge in [0.05, 0.1) is 29.3 Å². The van der Waals surface area contributed by atoms with Crippen molar-refractivity contribution in [2.24, 2.45) is 0 Å². The molecule has 3 heterocycles. The molecule has 5 aromatic rings. The fraction of sp³-hybridized carbons (Fsp3) is 0.0800. The van der Waals surface area contributed by atoms with Crippen molar-refractivity contribution in [2.45, 2.75) is 6.42 Å². The molecule has 0 aliphatic carbocycles. The summed E-state index contributed by atoms with van der Waals surface area (Å²) in [4.78, 5) is 21.2. The first-order valence-electron chi connectivity index (χ1n) is 10.00. The van der Waals surface area contributed by atoms with Gasteiger partial charge in [-0.3, -0.25) is 0 Å². The average Bonchev–Trinajstić information content (AvgIpc) is 3.26. The van der Waals surface area contributed by atoms with Crippen LogP contribution in [0.5, 0.6) is 5.88 Å². The first-order chi connectivity index (χ1) is 15.8. The van der Waals surface area contributed by atoms with Crippen molar-refractivity contribution >= 4 is 22.2 Å². The molecule has 7 nitrogen and oxygen atoms in total. The van der Waals surface area contributed by atoms with E-state index in [-0.39, 0.29) is 0 Å². The van der Waals surface area contributed by atoms with E-state index in [2.05, 4.69) is 42.8 Å². The quantitative estimate of drug-likeness (QED) is 0.447. The van der Waals surface area contributed by atoms with Gasteiger partial charge >= 0.3 is 0 Å². The van der Waals surface area contributed by atoms with Crippen LogP contribution in [0.25, 0.3) is 22.2 Å². The Balaban J connectivity index is 1.40. The maximum absolute atomic E-state index is 8.94. The lowest BCUT2D eigenvalue weighted by atomic mass is 10.1. The normalized spacial score (nSPS) is 10.5. The summed E-state index contributed by atoms with van der Waals surface area (Å²) in [7, 11) is 0. The van der Waals surface area contributed by atoms with Crippen molar-refractivity contribution < 1.29 is 4.74 Å². The molecule has 0 amide bonds. The highest BCUT2D eigenvalue weighted by molar-refractivity contribution is 5.74. The molecular formula is C25H16N6O. The number of nitriles is 1. The summed E-state index contributed by atoms with van der Waals surface area (Å²) in [5, 5.41) is 8.94. The van der Waals surface area contributed by atoms with Crippen LogP contribution in [0.3, 0.4) is 0 Å². The SMILES string of the molecule is N#Cc1ccc(C#Cc2nc3ncccc3nc2OCCc2nc3ccccc3[nH]2)cc1. The van der Waals surface area contributed by atoms with Gasteiger partial charge in [0, 0.05) is 18.2 Å². The summed E-state index contributed by atoms with van der Waals surface area (Å²) >= 11 is 0. The van der Waals surface area contributed by atoms with Crippen molar-refractivity contribution in [3.63, 3.8) is 0 Å². The number of para-hydroxylation sites is 2. The molecule has 0 aliphatic rings. The number of aromatic amines is 1. The van der Waals surface area contributed by atoms with Crippen molar-refractivity contribution in [2.75, 3.05) is 6.61 Å². The fourth-order valence-corrected chi connectivity index (χ4v) is 3.19. The Morgan fingerprint density at radius 2 is 1.66 bits per heavy atom. The summed E-state index contributed by atoms with van der Waals surface area (Å²) in [6, 6.07) is 20.7. The number of fused-ring (bicyclic) bond motifs is 2. The second-order valence-electron chi connectivity index (χ2n) is 6.96. The summed E-state index contributed by atoms with van der Waals surface area (Å²) in [5.41, 5.74) is 4.81. The molecule has 0 fully saturated rings. The highest BCUT2D eigenvalue weighted by atomic mass is 16.5. The molecule has 0 spiro atoms. The second-order valence-corrected chi connectivity index (χ2v) is 6.96. The Morgan fingerprint density at radius 3 is 2.50 bits per heavy atom. The van der Waals surface area contributed by atoms with Crippen LogP contribution in [0.15, 0.2) is 66.9 Å². The number of nitrogens with zero attached hydrogens (tertiary/aromatic N) is 5. The molecule has 7 heteroatoms. The third-order valence-corrected chi connectivity index (χ3v) is 4.76. The van der Waals surface area contributed by atoms with Crippen molar-refractivity contribution in [3.8, 4) is 23.8 Å². The van der Waals surface area contributed by atoms with Gasteiger partial charge < -0.3 is 9.72 Å². The zero-order chi connectivity index (χ0) is 21.8. The van der Waals surface area contributed by atoms with Gasteiger partial charge in [-0.05, 0) is 54.5 Å². The number of imidazole rings is 1. The summed E-state index contributed by atoms with van der Waals surface area (Å²) in [6.07, 6.45) is 2.25. The third-order valence-electron chi connectivity index (χ3n) is 4.76. The number of ether oxygens (including phenoxy) is 1. The predicted octanol–water partition coefficient (Wildman–Crippen LogP) is 3.79. The fourth-order valence-electron chi connectivity index (χ4n) is 3.19. The van der Waals surface area contributed by atoms with Gasteiger partial charge in [0.25, 0.3) is 0 Å². The third kappa shape index (κ3) is 4.09. The number of pyridine rings is 1. The van der Waals surface area contributed by atoms with E-state index in [1.807, 2.05) is 30.3 Å². The van der Waals surface area contributed by atoms with Crippen LogP contribution >= 0.6 is 0 Å². The molecule has 0 unspecified atom stereocenters. The maximum atomic E-state index is 8.94. The van der Waals surface area contributed by atoms with E-state index in [0.717, 1.165) is 22.4 Å². The van der Waals surface area contributed by atoms with Crippen LogP contribution in [0.1, 0.15) is 22.6 Å². The van der Waals surface area contributed by atoms with E-state index in [1.54, 1.807) is 36.5 Å². The van der Waals surface area contributed by atoms with Crippen LogP contribution in [-0.2, 0) is 6.42 Å². The second kappa shape index (κ2) is 8.55. The number of nitrogens with one attached hydrogen (secondary N) is 1. The molecule has 1 N–H and O–H groups in total. The summed E-state index contributed by atoms with van der Waals surface area (Å²) in [6.45, 7) is 0.367. The number of aromatic nitrogens is 5. The number of hydrogen-bond donors (Lipinski definition) is 1. The van der Waals surface area contributed by atoms with Gasteiger partial charge in [-0.25, -0.2) is 19.9 Å². The van der Waals surface area contributed by atoms with Crippen molar-refractivity contribution in [3.05, 3.63) is 89.5 Å². The monoisotopic (exact) mass is 416 g/mol. The van der Waals surface area contributed by atoms with Gasteiger partial charge in [-0.1, -0.05) is 18.1 Å². The van der Waals surface area contributed by atoms with Gasteiger partial charge in [0.2, 0.25) is 5.88 Å². The Morgan fingerprint density at radius 1 is 0.844 bits per heavy atom. The maximum Gasteiger partial charge on any atom is 0.249 e. The Kier molecular flexibility index (Phi) is 5.14. The van der Waals surface area contributed by atoms with E-state index in [9.17, 15) is 0 Å². The predicted molar refractivity (Wildman–Crippen MR) is 120 cm³/mol. The molecule has 2 aromatic carbocycles. The molecule has 0 radical (unpaired) electrons. The van der Waals surface area contributed by atoms with Crippen LogP contribution in [-0.4, -0.2) is 31.5 Å². The van der Waals surface area contributed by atoms with E-state index >= 15 is 0 Å². The van der Waals surface area contributed by atoms with E-state index < -0.39 is 0 Å². The highest BCUT2D eigenvalue weighted by Crippen LogP contribution is 2.18. The molecule has 0 saturated heterocycles. The topological polar surface area (TPSA) is 100 Å². The minimum absolute atomic E-state index is 0.350. The summed E-state index contributed by atoms with van der Waals surface area (Å²) < 4.78 is 5.96. The van der Waals surface area contributed by atoms with Gasteiger partial charge in [0.1, 0.15) is 11.3 Å². The minimum Gasteiger partial charge on any atom is -0.475 e. The zero-order valence-electron chi connectivity index (χ0n) is 16.9. The summed E-state index contributed by atoms with van der Waals surface area (Å²) in [5.74, 6) is 7.28. The number of H-pyrrole nitrogens is 1. The lowest BCUT2D eigenvalue weighted by molar-refractivity contribution is 0.306. The van der Waals surface area contributed by atoms with Crippen LogP contribution < -0.4 is 4.74 Å². The van der Waals surface area contributed by atoms with E-state index in [1.165, 1.54) is 0 Å². The smallest absolute Gasteiger partial charge is 0.249 e. The number of hydrogen-bond acceptors (Lipinski definition) is 6. The molecule has 3 aromatic heterocycles. The first-order valence-corrected chi connectivity index (χ1v) is 10.00. The lowest BCUT2D eigenvalue weighted by Crippen LogP contribution is -2.07. The Hall–Kier alpha value is -4.75. The first kappa shape index (κ1) is 19.2. The van der Waals surface area contributed by atoms with E-state index in [0.29, 0.717) is 41.3 Å². The number of benzene rings is 2.